The number of nitrogens with one attached hydrogen (secondary N) is 1. The van der Waals surface area contributed by atoms with Crippen LogP contribution in [0.3, 0.4) is 0 Å². The number of nitrogens with zero attached hydrogens (tertiary/aromatic N) is 3. The Morgan fingerprint density at radius 1 is 1.45 bits per heavy atom. The molecule has 1 aliphatic heterocycles. The van der Waals surface area contributed by atoms with Gasteiger partial charge >= 0.3 is 6.03 Å². The molecule has 0 saturated carbocycles. The van der Waals surface area contributed by atoms with Crippen LogP contribution in [-0.4, -0.2) is 22.0 Å². The molecule has 0 bridgehead atoms. The summed E-state index contributed by atoms with van der Waals surface area (Å²) in [7, 11) is 0. The molecule has 1 saturated heterocycles. The number of carbonyl (C=O) groups is 1. The Balaban J connectivity index is 2.00. The van der Waals surface area contributed by atoms with E-state index >= 15 is 0 Å². The van der Waals surface area contributed by atoms with Crippen molar-refractivity contribution < 1.29 is 4.79 Å². The number of hydrogen-bond acceptors (Lipinski definition) is 2. The third-order valence-electron chi connectivity index (χ3n) is 3.63. The lowest BCUT2D eigenvalue weighted by Crippen LogP contribution is -2.45. The van der Waals surface area contributed by atoms with Crippen molar-refractivity contribution in [2.45, 2.75) is 26.2 Å². The van der Waals surface area contributed by atoms with E-state index in [0.29, 0.717) is 12.5 Å². The van der Waals surface area contributed by atoms with E-state index in [1.807, 2.05) is 10.6 Å². The van der Waals surface area contributed by atoms with Crippen LogP contribution in [0.1, 0.15) is 31.7 Å². The smallest absolute Gasteiger partial charge is 0.312 e. The minimum atomic E-state index is -0.143. The lowest BCUT2D eigenvalue weighted by Gasteiger charge is -2.27. The topological polar surface area (TPSA) is 49.6 Å². The van der Waals surface area contributed by atoms with Gasteiger partial charge in [0.15, 0.2) is 0 Å². The standard InChI is InChI=1S/C15H18N4O/c1-10(2)12-5-7-18-13(8-12)16-9-14(18)19-6-4-11(3)17-15(19)20/h5,7-10H,3-4,6H2,1-2H3,(H,17,20). The summed E-state index contributed by atoms with van der Waals surface area (Å²) in [5, 5.41) is 2.76. The van der Waals surface area contributed by atoms with Crippen LogP contribution in [0.4, 0.5) is 10.6 Å². The molecule has 0 aromatic carbocycles. The SMILES string of the molecule is C=C1CCN(c2cnc3cc(C(C)C)ccn23)C(=O)N1. The molecule has 1 N–H and O–H groups in total. The molecule has 0 unspecified atom stereocenters. The first kappa shape index (κ1) is 12.7. The highest BCUT2D eigenvalue weighted by molar-refractivity contribution is 5.93. The zero-order valence-corrected chi connectivity index (χ0v) is 11.8. The molecule has 2 amide bonds. The highest BCUT2D eigenvalue weighted by Gasteiger charge is 2.24. The van der Waals surface area contributed by atoms with E-state index < -0.39 is 0 Å². The molecule has 1 fully saturated rings. The van der Waals surface area contributed by atoms with Crippen LogP contribution in [0, 0.1) is 0 Å². The summed E-state index contributed by atoms with van der Waals surface area (Å²) in [6, 6.07) is 3.99. The second kappa shape index (κ2) is 4.67. The molecule has 104 valence electrons. The van der Waals surface area contributed by atoms with Gasteiger partial charge < -0.3 is 5.32 Å². The van der Waals surface area contributed by atoms with Crippen LogP contribution in [0.2, 0.25) is 0 Å². The van der Waals surface area contributed by atoms with Gasteiger partial charge in [0, 0.05) is 24.9 Å². The van der Waals surface area contributed by atoms with Crippen molar-refractivity contribution in [2.24, 2.45) is 0 Å². The van der Waals surface area contributed by atoms with Gasteiger partial charge in [0.05, 0.1) is 6.20 Å². The third-order valence-corrected chi connectivity index (χ3v) is 3.63. The second-order valence-corrected chi connectivity index (χ2v) is 5.39. The largest absolute Gasteiger partial charge is 0.327 e. The number of pyridine rings is 1. The molecular formula is C15H18N4O. The van der Waals surface area contributed by atoms with E-state index in [9.17, 15) is 4.79 Å². The van der Waals surface area contributed by atoms with Crippen LogP contribution < -0.4 is 10.2 Å². The van der Waals surface area contributed by atoms with Gasteiger partial charge in [0.1, 0.15) is 11.5 Å². The average Bonchev–Trinajstić information content (AvgIpc) is 2.81. The van der Waals surface area contributed by atoms with Crippen molar-refractivity contribution in [1.29, 1.82) is 0 Å². The maximum atomic E-state index is 12.0. The van der Waals surface area contributed by atoms with E-state index in [0.717, 1.165) is 23.6 Å². The van der Waals surface area contributed by atoms with Gasteiger partial charge in [-0.2, -0.15) is 0 Å². The summed E-state index contributed by atoms with van der Waals surface area (Å²) in [6.07, 6.45) is 4.47. The zero-order valence-electron chi connectivity index (χ0n) is 11.8. The lowest BCUT2D eigenvalue weighted by atomic mass is 10.1. The lowest BCUT2D eigenvalue weighted by molar-refractivity contribution is 0.246. The van der Waals surface area contributed by atoms with E-state index in [2.05, 4.69) is 42.9 Å². The van der Waals surface area contributed by atoms with Gasteiger partial charge in [-0.15, -0.1) is 0 Å². The van der Waals surface area contributed by atoms with Crippen LogP contribution >= 0.6 is 0 Å². The predicted molar refractivity (Wildman–Crippen MR) is 78.9 cm³/mol. The van der Waals surface area contributed by atoms with E-state index in [1.54, 1.807) is 11.1 Å². The Morgan fingerprint density at radius 3 is 2.95 bits per heavy atom. The van der Waals surface area contributed by atoms with Crippen molar-refractivity contribution in [3.8, 4) is 0 Å². The monoisotopic (exact) mass is 270 g/mol. The molecule has 5 heteroatoms. The number of urea groups is 1. The number of amides is 2. The van der Waals surface area contributed by atoms with Gasteiger partial charge in [-0.05, 0) is 23.6 Å². The first-order valence-corrected chi connectivity index (χ1v) is 6.79. The summed E-state index contributed by atoms with van der Waals surface area (Å²) in [4.78, 5) is 18.1. The first-order valence-electron chi connectivity index (χ1n) is 6.79. The molecular weight excluding hydrogens is 252 g/mol. The molecule has 0 atom stereocenters. The molecule has 2 aromatic heterocycles. The van der Waals surface area contributed by atoms with Crippen molar-refractivity contribution in [1.82, 2.24) is 14.7 Å². The van der Waals surface area contributed by atoms with Gasteiger partial charge in [0.25, 0.3) is 0 Å². The summed E-state index contributed by atoms with van der Waals surface area (Å²) >= 11 is 0. The molecule has 0 radical (unpaired) electrons. The maximum Gasteiger partial charge on any atom is 0.327 e. The Hall–Kier alpha value is -2.30. The normalized spacial score (nSPS) is 16.1. The highest BCUT2D eigenvalue weighted by atomic mass is 16.2. The Bertz CT molecular complexity index is 686. The minimum Gasteiger partial charge on any atom is -0.312 e. The molecule has 0 spiro atoms. The average molecular weight is 270 g/mol. The van der Waals surface area contributed by atoms with Crippen molar-refractivity contribution in [3.05, 3.63) is 42.4 Å². The Labute approximate surface area is 117 Å². The first-order chi connectivity index (χ1) is 9.56. The predicted octanol–water partition coefficient (Wildman–Crippen LogP) is 2.89. The number of aromatic nitrogens is 2. The number of anilines is 1. The molecule has 2 aromatic rings. The number of rotatable bonds is 2. The molecule has 1 aliphatic rings. The van der Waals surface area contributed by atoms with Crippen LogP contribution in [0.5, 0.6) is 0 Å². The van der Waals surface area contributed by atoms with Crippen LogP contribution in [-0.2, 0) is 0 Å². The number of hydrogen-bond donors (Lipinski definition) is 1. The highest BCUT2D eigenvalue weighted by Crippen LogP contribution is 2.23. The van der Waals surface area contributed by atoms with Crippen molar-refractivity contribution in [3.63, 3.8) is 0 Å². The summed E-state index contributed by atoms with van der Waals surface area (Å²) in [5.74, 6) is 1.25. The van der Waals surface area contributed by atoms with Gasteiger partial charge in [-0.3, -0.25) is 9.30 Å². The molecule has 20 heavy (non-hydrogen) atoms. The quantitative estimate of drug-likeness (QED) is 0.912. The van der Waals surface area contributed by atoms with E-state index in [-0.39, 0.29) is 6.03 Å². The minimum absolute atomic E-state index is 0.143. The molecule has 5 nitrogen and oxygen atoms in total. The van der Waals surface area contributed by atoms with Crippen LogP contribution in [0.15, 0.2) is 36.8 Å². The summed E-state index contributed by atoms with van der Waals surface area (Å²) in [6.45, 7) is 8.73. The molecule has 3 rings (SSSR count). The van der Waals surface area contributed by atoms with Gasteiger partial charge in [0.2, 0.25) is 0 Å². The Morgan fingerprint density at radius 2 is 2.25 bits per heavy atom. The third kappa shape index (κ3) is 2.05. The number of carbonyl (C=O) groups excluding carboxylic acids is 1. The van der Waals surface area contributed by atoms with E-state index in [4.69, 9.17) is 0 Å². The van der Waals surface area contributed by atoms with Crippen LogP contribution in [0.25, 0.3) is 5.65 Å². The molecule has 0 aliphatic carbocycles. The van der Waals surface area contributed by atoms with E-state index in [1.165, 1.54) is 5.56 Å². The summed E-state index contributed by atoms with van der Waals surface area (Å²) in [5.41, 5.74) is 2.87. The van der Waals surface area contributed by atoms with Gasteiger partial charge in [-0.25, -0.2) is 9.78 Å². The fourth-order valence-corrected chi connectivity index (χ4v) is 2.39. The van der Waals surface area contributed by atoms with Gasteiger partial charge in [-0.1, -0.05) is 20.4 Å². The van der Waals surface area contributed by atoms with Crippen molar-refractivity contribution >= 4 is 17.5 Å². The zero-order chi connectivity index (χ0) is 14.3. The maximum absolute atomic E-state index is 12.0. The fraction of sp³-hybridized carbons (Fsp3) is 0.333. The molecule has 3 heterocycles. The Kier molecular flexibility index (Phi) is 2.97. The number of fused-ring (bicyclic) bond motifs is 1. The second-order valence-electron chi connectivity index (χ2n) is 5.39. The number of imidazole rings is 1. The van der Waals surface area contributed by atoms with Crippen molar-refractivity contribution in [2.75, 3.05) is 11.4 Å². The summed E-state index contributed by atoms with van der Waals surface area (Å²) < 4.78 is 1.94. The fourth-order valence-electron chi connectivity index (χ4n) is 2.39.